The fraction of sp³-hybridized carbons (Fsp3) is 0. The first-order chi connectivity index (χ1) is 1.00. The molecule has 4 heavy (non-hydrogen) atoms. The van der Waals surface area contributed by atoms with Gasteiger partial charge in [-0.15, -0.1) is 0 Å². The van der Waals surface area contributed by atoms with Crippen molar-refractivity contribution in [3.8, 4) is 0 Å². The molecule has 0 aliphatic rings. The van der Waals surface area contributed by atoms with Gasteiger partial charge in [0.05, 0.1) is 0 Å². The first-order valence-electron chi connectivity index (χ1n) is 0.204. The van der Waals surface area contributed by atoms with Gasteiger partial charge in [0.25, 0.3) is 0 Å². The Balaban J connectivity index is -0.00000000500. The van der Waals surface area contributed by atoms with Crippen LogP contribution in [0.5, 0.6) is 0 Å². The molecule has 0 amide bonds. The van der Waals surface area contributed by atoms with Gasteiger partial charge in [-0.1, -0.05) is 0 Å². The third-order valence-corrected chi connectivity index (χ3v) is 0. The van der Waals surface area contributed by atoms with Crippen molar-refractivity contribution in [2.75, 3.05) is 0 Å². The molecule has 0 N–H and O–H groups in total. The molecule has 4 heteroatoms. The predicted molar refractivity (Wildman–Crippen MR) is 15.0 cm³/mol. The van der Waals surface area contributed by atoms with Crippen LogP contribution in [0.25, 0.3) is 0 Å². The van der Waals surface area contributed by atoms with Gasteiger partial charge in [-0.05, 0) is 0 Å². The van der Waals surface area contributed by atoms with E-state index in [0.29, 0.717) is 22.5 Å². The minimum absolute atomic E-state index is 0. The molecular formula is H2LaOSnSr. The van der Waals surface area contributed by atoms with Crippen LogP contribution in [0.4, 0.5) is 0 Å². The van der Waals surface area contributed by atoms with Crippen molar-refractivity contribution in [1.82, 2.24) is 0 Å². The SMILES string of the molecule is [La].[O]=[Sn].[SrH2]. The maximum atomic E-state index is 8.34. The molecule has 0 aliphatic carbocycles. The molecule has 0 aromatic rings. The third-order valence-electron chi connectivity index (χ3n) is 0. The van der Waals surface area contributed by atoms with E-state index in [1.165, 1.54) is 0 Å². The Labute approximate surface area is 104 Å². The molecule has 0 saturated carbocycles. The first kappa shape index (κ1) is 15.7. The van der Waals surface area contributed by atoms with E-state index in [1.54, 1.807) is 0 Å². The predicted octanol–water partition coefficient (Wildman–Crippen LogP) is -1.42. The first-order valence-corrected chi connectivity index (χ1v) is 1.37. The molecule has 3 radical (unpaired) electrons. The molecule has 0 heterocycles. The minimum atomic E-state index is 0. The van der Waals surface area contributed by atoms with Crippen LogP contribution in [0.3, 0.4) is 0 Å². The summed E-state index contributed by atoms with van der Waals surface area (Å²) in [6.45, 7) is 0. The van der Waals surface area contributed by atoms with Crippen LogP contribution in [0.1, 0.15) is 0 Å². The monoisotopic (exact) mass is 365 g/mol. The molecule has 0 unspecified atom stereocenters. The molecule has 0 aliphatic heterocycles. The third kappa shape index (κ3) is 8.99. The molecular weight excluding hydrogens is 361 g/mol. The average Bonchev–Trinajstić information content (AvgIpc) is 1.00. The maximum absolute atomic E-state index is 8.34. The number of hydrogen-bond acceptors (Lipinski definition) is 1. The van der Waals surface area contributed by atoms with Crippen molar-refractivity contribution < 1.29 is 38.7 Å². The zero-order chi connectivity index (χ0) is 2.00. The van der Waals surface area contributed by atoms with E-state index in [1.807, 2.05) is 0 Å². The van der Waals surface area contributed by atoms with Gasteiger partial charge in [0.1, 0.15) is 0 Å². The number of rotatable bonds is 0. The van der Waals surface area contributed by atoms with Gasteiger partial charge in [0.15, 0.2) is 0 Å². The molecule has 0 atom stereocenters. The second-order valence-corrected chi connectivity index (χ2v) is 0. The van der Waals surface area contributed by atoms with Crippen LogP contribution < -0.4 is 0 Å². The zero-order valence-corrected chi connectivity index (χ0v) is 7.97. The molecule has 1 nitrogen and oxygen atoms in total. The number of hydrogen-bond donors (Lipinski definition) is 0. The summed E-state index contributed by atoms with van der Waals surface area (Å²) in [6, 6.07) is 0. The normalized spacial score (nSPS) is 1.00. The fourth-order valence-corrected chi connectivity index (χ4v) is 0. The second-order valence-electron chi connectivity index (χ2n) is 0. The van der Waals surface area contributed by atoms with Crippen LogP contribution in [-0.4, -0.2) is 68.0 Å². The van der Waals surface area contributed by atoms with Crippen LogP contribution >= 0.6 is 0 Å². The van der Waals surface area contributed by atoms with E-state index in [-0.39, 0.29) is 81.1 Å². The van der Waals surface area contributed by atoms with Gasteiger partial charge in [-0.25, -0.2) is 0 Å². The summed E-state index contributed by atoms with van der Waals surface area (Å²) in [5, 5.41) is 0. The van der Waals surface area contributed by atoms with E-state index in [0.717, 1.165) is 0 Å². The van der Waals surface area contributed by atoms with E-state index < -0.39 is 0 Å². The van der Waals surface area contributed by atoms with Crippen molar-refractivity contribution in [3.05, 3.63) is 0 Å². The average molecular weight is 363 g/mol. The Morgan fingerprint density at radius 2 is 1.25 bits per heavy atom. The van der Waals surface area contributed by atoms with Crippen molar-refractivity contribution in [2.45, 2.75) is 0 Å². The summed E-state index contributed by atoms with van der Waals surface area (Å²) in [7, 11) is 0. The van der Waals surface area contributed by atoms with E-state index in [2.05, 4.69) is 0 Å². The summed E-state index contributed by atoms with van der Waals surface area (Å²) < 4.78 is 8.34. The van der Waals surface area contributed by atoms with Gasteiger partial charge < -0.3 is 0 Å². The Morgan fingerprint density at radius 1 is 1.25 bits per heavy atom. The zero-order valence-electron chi connectivity index (χ0n) is 1.49. The van der Waals surface area contributed by atoms with Crippen molar-refractivity contribution in [1.29, 1.82) is 0 Å². The van der Waals surface area contributed by atoms with Gasteiger partial charge in [-0.2, -0.15) is 0 Å². The van der Waals surface area contributed by atoms with Crippen LogP contribution in [-0.2, 0) is 3.08 Å². The standard InChI is InChI=1S/La.O.Sn.Sr.2H. The fourth-order valence-electron chi connectivity index (χ4n) is 0. The Bertz CT molecular complexity index is 8.00. The van der Waals surface area contributed by atoms with Crippen LogP contribution in [0.2, 0.25) is 0 Å². The van der Waals surface area contributed by atoms with Gasteiger partial charge in [0, 0.05) is 35.6 Å². The molecule has 0 fully saturated rings. The molecule has 0 aromatic carbocycles. The molecule has 0 rings (SSSR count). The summed E-state index contributed by atoms with van der Waals surface area (Å²) in [4.78, 5) is 0. The van der Waals surface area contributed by atoms with Crippen LogP contribution in [0, 0.1) is 35.6 Å². The summed E-state index contributed by atoms with van der Waals surface area (Å²) in [5.41, 5.74) is 0. The van der Waals surface area contributed by atoms with E-state index >= 15 is 0 Å². The van der Waals surface area contributed by atoms with Gasteiger partial charge >= 0.3 is 71.1 Å². The second kappa shape index (κ2) is 16.3. The van der Waals surface area contributed by atoms with Crippen molar-refractivity contribution in [2.24, 2.45) is 0 Å². The molecule has 0 spiro atoms. The summed E-state index contributed by atoms with van der Waals surface area (Å²) in [6.07, 6.45) is 0. The summed E-state index contributed by atoms with van der Waals surface area (Å²) >= 11 is 0.300. The summed E-state index contributed by atoms with van der Waals surface area (Å²) in [5.74, 6) is 0. The molecule has 0 aromatic heterocycles. The van der Waals surface area contributed by atoms with Crippen molar-refractivity contribution >= 4 is 68.0 Å². The van der Waals surface area contributed by atoms with Crippen LogP contribution in [0.15, 0.2) is 0 Å². The van der Waals surface area contributed by atoms with E-state index in [9.17, 15) is 0 Å². The topological polar surface area (TPSA) is 17.1 Å². The quantitative estimate of drug-likeness (QED) is 0.483. The molecule has 0 bridgehead atoms. The Hall–Kier alpha value is 3.27. The Kier molecular flexibility index (Phi) is 63.8. The van der Waals surface area contributed by atoms with E-state index in [4.69, 9.17) is 3.08 Å². The molecule has 17 valence electrons. The van der Waals surface area contributed by atoms with Crippen molar-refractivity contribution in [3.63, 3.8) is 0 Å². The molecule has 0 saturated heterocycles. The van der Waals surface area contributed by atoms with Gasteiger partial charge in [0.2, 0.25) is 0 Å². The Morgan fingerprint density at radius 3 is 1.25 bits per heavy atom. The van der Waals surface area contributed by atoms with Gasteiger partial charge in [-0.3, -0.25) is 0 Å².